The van der Waals surface area contributed by atoms with E-state index in [4.69, 9.17) is 0 Å². The Morgan fingerprint density at radius 1 is 1.37 bits per heavy atom. The maximum absolute atomic E-state index is 13.6. The summed E-state index contributed by atoms with van der Waals surface area (Å²) in [5.74, 6) is -1.09. The van der Waals surface area contributed by atoms with Crippen molar-refractivity contribution >= 4 is 5.91 Å². The molecule has 0 fully saturated rings. The quantitative estimate of drug-likeness (QED) is 0.831. The van der Waals surface area contributed by atoms with E-state index < -0.39 is 12.0 Å². The van der Waals surface area contributed by atoms with Crippen LogP contribution in [-0.4, -0.2) is 23.7 Å². The van der Waals surface area contributed by atoms with Crippen molar-refractivity contribution in [1.29, 1.82) is 0 Å². The Labute approximate surface area is 113 Å². The summed E-state index contributed by atoms with van der Waals surface area (Å²) in [6.07, 6.45) is 0.279. The van der Waals surface area contributed by atoms with Crippen LogP contribution in [0.1, 0.15) is 38.7 Å². The molecule has 1 aromatic carbocycles. The van der Waals surface area contributed by atoms with Gasteiger partial charge >= 0.3 is 0 Å². The molecule has 0 aliphatic heterocycles. The molecule has 0 saturated heterocycles. The second-order valence-electron chi connectivity index (χ2n) is 4.94. The SMILES string of the molecule is CCC(C)C(O)CNC(=O)C(C)c1ccccc1F. The smallest absolute Gasteiger partial charge is 0.227 e. The van der Waals surface area contributed by atoms with E-state index in [0.717, 1.165) is 6.42 Å². The van der Waals surface area contributed by atoms with Gasteiger partial charge in [0.15, 0.2) is 0 Å². The van der Waals surface area contributed by atoms with Gasteiger partial charge in [0.1, 0.15) is 5.82 Å². The van der Waals surface area contributed by atoms with E-state index in [1.54, 1.807) is 25.1 Å². The average Bonchev–Trinajstić information content (AvgIpc) is 2.43. The predicted molar refractivity (Wildman–Crippen MR) is 73.3 cm³/mol. The third-order valence-corrected chi connectivity index (χ3v) is 3.55. The molecule has 0 saturated carbocycles. The summed E-state index contributed by atoms with van der Waals surface area (Å²) in [7, 11) is 0. The molecule has 0 heterocycles. The first-order chi connectivity index (χ1) is 8.97. The molecule has 4 heteroatoms. The lowest BCUT2D eigenvalue weighted by Crippen LogP contribution is -2.37. The van der Waals surface area contributed by atoms with Crippen LogP contribution in [0.3, 0.4) is 0 Å². The largest absolute Gasteiger partial charge is 0.391 e. The minimum atomic E-state index is -0.568. The minimum Gasteiger partial charge on any atom is -0.391 e. The molecule has 19 heavy (non-hydrogen) atoms. The molecule has 1 rings (SSSR count). The van der Waals surface area contributed by atoms with Crippen molar-refractivity contribution in [3.63, 3.8) is 0 Å². The zero-order valence-electron chi connectivity index (χ0n) is 11.7. The lowest BCUT2D eigenvalue weighted by atomic mass is 9.98. The fourth-order valence-electron chi connectivity index (χ4n) is 1.80. The molecular weight excluding hydrogens is 245 g/mol. The lowest BCUT2D eigenvalue weighted by Gasteiger charge is -2.19. The monoisotopic (exact) mass is 267 g/mol. The van der Waals surface area contributed by atoms with Crippen LogP contribution in [-0.2, 0) is 4.79 Å². The number of amides is 1. The Morgan fingerprint density at radius 2 is 2.00 bits per heavy atom. The molecule has 2 N–H and O–H groups in total. The Balaban J connectivity index is 2.57. The van der Waals surface area contributed by atoms with Crippen LogP contribution in [0, 0.1) is 11.7 Å². The molecule has 1 amide bonds. The Kier molecular flexibility index (Phi) is 5.96. The maximum Gasteiger partial charge on any atom is 0.227 e. The number of benzene rings is 1. The lowest BCUT2D eigenvalue weighted by molar-refractivity contribution is -0.122. The fourth-order valence-corrected chi connectivity index (χ4v) is 1.80. The molecule has 0 bridgehead atoms. The van der Waals surface area contributed by atoms with Gasteiger partial charge in [-0.15, -0.1) is 0 Å². The van der Waals surface area contributed by atoms with Crippen LogP contribution < -0.4 is 5.32 Å². The van der Waals surface area contributed by atoms with Gasteiger partial charge in [-0.3, -0.25) is 4.79 Å². The highest BCUT2D eigenvalue weighted by atomic mass is 19.1. The highest BCUT2D eigenvalue weighted by Gasteiger charge is 2.20. The second-order valence-corrected chi connectivity index (χ2v) is 4.94. The topological polar surface area (TPSA) is 49.3 Å². The van der Waals surface area contributed by atoms with Gasteiger partial charge in [-0.25, -0.2) is 4.39 Å². The Morgan fingerprint density at radius 3 is 2.58 bits per heavy atom. The Bertz CT molecular complexity index is 422. The number of carbonyl (C=O) groups excluding carboxylic acids is 1. The fraction of sp³-hybridized carbons (Fsp3) is 0.533. The van der Waals surface area contributed by atoms with Crippen molar-refractivity contribution in [1.82, 2.24) is 5.32 Å². The van der Waals surface area contributed by atoms with E-state index in [1.165, 1.54) is 6.07 Å². The van der Waals surface area contributed by atoms with Crippen LogP contribution in [0.4, 0.5) is 4.39 Å². The van der Waals surface area contributed by atoms with Crippen molar-refractivity contribution in [3.05, 3.63) is 35.6 Å². The summed E-state index contributed by atoms with van der Waals surface area (Å²) in [5, 5.41) is 12.5. The van der Waals surface area contributed by atoms with E-state index in [0.29, 0.717) is 5.56 Å². The number of halogens is 1. The second kappa shape index (κ2) is 7.24. The van der Waals surface area contributed by atoms with E-state index >= 15 is 0 Å². The first kappa shape index (κ1) is 15.6. The number of carbonyl (C=O) groups is 1. The number of aliphatic hydroxyl groups is 1. The van der Waals surface area contributed by atoms with Crippen molar-refractivity contribution in [3.8, 4) is 0 Å². The number of aliphatic hydroxyl groups excluding tert-OH is 1. The van der Waals surface area contributed by atoms with Gasteiger partial charge < -0.3 is 10.4 Å². The summed E-state index contributed by atoms with van der Waals surface area (Å²) < 4.78 is 13.6. The molecule has 106 valence electrons. The molecule has 3 unspecified atom stereocenters. The molecule has 1 aromatic rings. The summed E-state index contributed by atoms with van der Waals surface area (Å²) >= 11 is 0. The molecule has 0 aromatic heterocycles. The van der Waals surface area contributed by atoms with Crippen LogP contribution in [0.15, 0.2) is 24.3 Å². The average molecular weight is 267 g/mol. The summed E-state index contributed by atoms with van der Waals surface area (Å²) in [5.41, 5.74) is 0.373. The molecule has 3 atom stereocenters. The van der Waals surface area contributed by atoms with Crippen molar-refractivity contribution in [2.45, 2.75) is 39.2 Å². The summed E-state index contributed by atoms with van der Waals surface area (Å²) in [6, 6.07) is 6.24. The molecule has 0 spiro atoms. The number of hydrogen-bond donors (Lipinski definition) is 2. The molecule has 0 radical (unpaired) electrons. The van der Waals surface area contributed by atoms with Gasteiger partial charge in [-0.05, 0) is 24.5 Å². The van der Waals surface area contributed by atoms with Gasteiger partial charge in [0.05, 0.1) is 12.0 Å². The zero-order chi connectivity index (χ0) is 14.4. The van der Waals surface area contributed by atoms with Crippen LogP contribution >= 0.6 is 0 Å². The normalized spacial score (nSPS) is 15.6. The van der Waals surface area contributed by atoms with E-state index in [2.05, 4.69) is 5.32 Å². The van der Waals surface area contributed by atoms with Gasteiger partial charge in [0.25, 0.3) is 0 Å². The number of hydrogen-bond acceptors (Lipinski definition) is 2. The predicted octanol–water partition coefficient (Wildman–Crippen LogP) is 2.45. The van der Waals surface area contributed by atoms with Crippen LogP contribution in [0.2, 0.25) is 0 Å². The first-order valence-corrected chi connectivity index (χ1v) is 6.67. The third kappa shape index (κ3) is 4.31. The standard InChI is InChI=1S/C15H22FNO2/c1-4-10(2)14(18)9-17-15(19)11(3)12-7-5-6-8-13(12)16/h5-8,10-11,14,18H,4,9H2,1-3H3,(H,17,19). The van der Waals surface area contributed by atoms with E-state index in [-0.39, 0.29) is 24.2 Å². The maximum atomic E-state index is 13.6. The van der Waals surface area contributed by atoms with Crippen LogP contribution in [0.5, 0.6) is 0 Å². The van der Waals surface area contributed by atoms with Crippen LogP contribution in [0.25, 0.3) is 0 Å². The van der Waals surface area contributed by atoms with Crippen molar-refractivity contribution in [2.24, 2.45) is 5.92 Å². The third-order valence-electron chi connectivity index (χ3n) is 3.55. The van der Waals surface area contributed by atoms with Gasteiger partial charge in [-0.1, -0.05) is 38.5 Å². The van der Waals surface area contributed by atoms with Gasteiger partial charge in [0.2, 0.25) is 5.91 Å². The minimum absolute atomic E-state index is 0.129. The molecule has 3 nitrogen and oxygen atoms in total. The van der Waals surface area contributed by atoms with Crippen molar-refractivity contribution < 1.29 is 14.3 Å². The molecule has 0 aliphatic carbocycles. The highest BCUT2D eigenvalue weighted by Crippen LogP contribution is 2.18. The highest BCUT2D eigenvalue weighted by molar-refractivity contribution is 5.83. The number of nitrogens with one attached hydrogen (secondary N) is 1. The summed E-state index contributed by atoms with van der Waals surface area (Å²) in [6.45, 7) is 5.77. The van der Waals surface area contributed by atoms with Gasteiger partial charge in [-0.2, -0.15) is 0 Å². The van der Waals surface area contributed by atoms with Crippen molar-refractivity contribution in [2.75, 3.05) is 6.54 Å². The van der Waals surface area contributed by atoms with Gasteiger partial charge in [0, 0.05) is 6.54 Å². The Hall–Kier alpha value is -1.42. The summed E-state index contributed by atoms with van der Waals surface area (Å²) in [4.78, 5) is 11.9. The molecular formula is C15H22FNO2. The van der Waals surface area contributed by atoms with E-state index in [9.17, 15) is 14.3 Å². The zero-order valence-corrected chi connectivity index (χ0v) is 11.7. The number of rotatable bonds is 6. The molecule has 0 aliphatic rings. The first-order valence-electron chi connectivity index (χ1n) is 6.67. The van der Waals surface area contributed by atoms with E-state index in [1.807, 2.05) is 13.8 Å².